The van der Waals surface area contributed by atoms with Gasteiger partial charge in [0.1, 0.15) is 22.8 Å². The summed E-state index contributed by atoms with van der Waals surface area (Å²) in [5.74, 6) is -0.713. The molecule has 0 bridgehead atoms. The van der Waals surface area contributed by atoms with Crippen LogP contribution < -0.4 is 4.90 Å². The number of para-hydroxylation sites is 1. The molecule has 0 aliphatic carbocycles. The monoisotopic (exact) mass is 434 g/mol. The maximum Gasteiger partial charge on any atom is 0.416 e. The van der Waals surface area contributed by atoms with E-state index < -0.39 is 47.2 Å². The summed E-state index contributed by atoms with van der Waals surface area (Å²) in [6, 6.07) is 5.62. The fourth-order valence-electron chi connectivity index (χ4n) is 4.05. The molecule has 0 radical (unpaired) electrons. The third-order valence-corrected chi connectivity index (χ3v) is 5.07. The molecule has 3 rings (SSSR count). The van der Waals surface area contributed by atoms with Crippen molar-refractivity contribution in [2.24, 2.45) is 0 Å². The molecule has 170 valence electrons. The molecule has 2 heterocycles. The largest absolute Gasteiger partial charge is 0.467 e. The number of hydrogen-bond donors (Lipinski definition) is 1. The van der Waals surface area contributed by atoms with Gasteiger partial charge in [0.05, 0.1) is 12.8 Å². The van der Waals surface area contributed by atoms with Crippen LogP contribution in [0.4, 0.5) is 15.3 Å². The SMILES string of the molecule is COC(=O)[C@@H]1C[C@@]2(O)c3ccccc3N(C(=O)OC(C)(C)C)[C@H]2N1C(=O)OC(C)(C)C. The van der Waals surface area contributed by atoms with Crippen LogP contribution in [0.1, 0.15) is 53.5 Å². The van der Waals surface area contributed by atoms with E-state index in [1.54, 1.807) is 65.8 Å². The predicted octanol–water partition coefficient (Wildman–Crippen LogP) is 3.14. The van der Waals surface area contributed by atoms with Crippen LogP contribution in [0.15, 0.2) is 24.3 Å². The zero-order chi connectivity index (χ0) is 23.4. The van der Waals surface area contributed by atoms with Gasteiger partial charge in [-0.2, -0.15) is 0 Å². The normalized spacial score (nSPS) is 25.0. The second-order valence-electron chi connectivity index (χ2n) is 9.80. The Morgan fingerprint density at radius 2 is 1.55 bits per heavy atom. The third kappa shape index (κ3) is 4.06. The number of nitrogens with zero attached hydrogens (tertiary/aromatic N) is 2. The maximum absolute atomic E-state index is 13.2. The van der Waals surface area contributed by atoms with Crippen LogP contribution in [0.25, 0.3) is 0 Å². The molecule has 2 aliphatic heterocycles. The highest BCUT2D eigenvalue weighted by Crippen LogP contribution is 2.53. The topological polar surface area (TPSA) is 106 Å². The molecule has 0 aromatic heterocycles. The van der Waals surface area contributed by atoms with E-state index in [9.17, 15) is 19.5 Å². The first-order chi connectivity index (χ1) is 14.2. The maximum atomic E-state index is 13.2. The first kappa shape index (κ1) is 22.9. The number of benzene rings is 1. The van der Waals surface area contributed by atoms with Crippen LogP contribution in [0.3, 0.4) is 0 Å². The quantitative estimate of drug-likeness (QED) is 0.535. The van der Waals surface area contributed by atoms with Crippen molar-refractivity contribution in [2.45, 2.75) is 77.0 Å². The number of aliphatic hydroxyl groups is 1. The summed E-state index contributed by atoms with van der Waals surface area (Å²) in [6.07, 6.45) is -2.98. The van der Waals surface area contributed by atoms with Gasteiger partial charge >= 0.3 is 18.2 Å². The number of methoxy groups -OCH3 is 1. The molecule has 1 aromatic rings. The van der Waals surface area contributed by atoms with Crippen molar-refractivity contribution in [1.29, 1.82) is 0 Å². The number of rotatable bonds is 1. The predicted molar refractivity (Wildman–Crippen MR) is 111 cm³/mol. The zero-order valence-electron chi connectivity index (χ0n) is 19.0. The molecule has 2 amide bonds. The molecule has 31 heavy (non-hydrogen) atoms. The zero-order valence-corrected chi connectivity index (χ0v) is 19.0. The summed E-state index contributed by atoms with van der Waals surface area (Å²) in [5.41, 5.74) is -2.56. The Hall–Kier alpha value is -2.81. The lowest BCUT2D eigenvalue weighted by Gasteiger charge is -2.37. The Labute approximate surface area is 181 Å². The summed E-state index contributed by atoms with van der Waals surface area (Å²) >= 11 is 0. The van der Waals surface area contributed by atoms with Crippen LogP contribution in [0, 0.1) is 0 Å². The second-order valence-corrected chi connectivity index (χ2v) is 9.80. The standard InChI is InChI=1S/C22H30N2O7/c1-20(2,3)30-18(26)23-14-11-9-8-10-13(14)22(28)12-15(16(25)29-7)24(17(22)23)19(27)31-21(4,5)6/h8-11,15,17,28H,12H2,1-7H3/t15-,17-,22+/m0/s1. The highest BCUT2D eigenvalue weighted by Gasteiger charge is 2.66. The van der Waals surface area contributed by atoms with Gasteiger partial charge in [-0.15, -0.1) is 0 Å². The molecule has 3 atom stereocenters. The highest BCUT2D eigenvalue weighted by atomic mass is 16.6. The van der Waals surface area contributed by atoms with Crippen molar-refractivity contribution in [1.82, 2.24) is 4.90 Å². The van der Waals surface area contributed by atoms with Gasteiger partial charge in [-0.25, -0.2) is 14.4 Å². The first-order valence-electron chi connectivity index (χ1n) is 10.1. The minimum Gasteiger partial charge on any atom is -0.467 e. The molecule has 1 aromatic carbocycles. The van der Waals surface area contributed by atoms with Gasteiger partial charge in [-0.05, 0) is 47.6 Å². The van der Waals surface area contributed by atoms with Crippen molar-refractivity contribution in [3.63, 3.8) is 0 Å². The second kappa shape index (κ2) is 7.40. The van der Waals surface area contributed by atoms with E-state index in [2.05, 4.69) is 0 Å². The molecule has 9 heteroatoms. The molecule has 0 saturated carbocycles. The van der Waals surface area contributed by atoms with E-state index in [1.165, 1.54) is 12.0 Å². The Balaban J connectivity index is 2.15. The van der Waals surface area contributed by atoms with Gasteiger partial charge in [-0.3, -0.25) is 9.80 Å². The summed E-state index contributed by atoms with van der Waals surface area (Å²) < 4.78 is 16.0. The Bertz CT molecular complexity index is 902. The fourth-order valence-corrected chi connectivity index (χ4v) is 4.05. The lowest BCUT2D eigenvalue weighted by molar-refractivity contribution is -0.146. The lowest BCUT2D eigenvalue weighted by Crippen LogP contribution is -2.57. The van der Waals surface area contributed by atoms with Gasteiger partial charge in [0.25, 0.3) is 0 Å². The average Bonchev–Trinajstić information content (AvgIpc) is 3.05. The summed E-state index contributed by atoms with van der Waals surface area (Å²) in [7, 11) is 1.20. The molecule has 1 saturated heterocycles. The van der Waals surface area contributed by atoms with Crippen LogP contribution in [-0.4, -0.2) is 58.7 Å². The number of hydrogen-bond acceptors (Lipinski definition) is 7. The number of anilines is 1. The first-order valence-corrected chi connectivity index (χ1v) is 10.1. The van der Waals surface area contributed by atoms with Gasteiger partial charge in [0.2, 0.25) is 0 Å². The van der Waals surface area contributed by atoms with Gasteiger partial charge in [0.15, 0.2) is 6.17 Å². The summed E-state index contributed by atoms with van der Waals surface area (Å²) in [4.78, 5) is 41.3. The Morgan fingerprint density at radius 1 is 1.00 bits per heavy atom. The highest BCUT2D eigenvalue weighted by molar-refractivity contribution is 5.95. The van der Waals surface area contributed by atoms with E-state index in [0.29, 0.717) is 11.3 Å². The van der Waals surface area contributed by atoms with Crippen molar-refractivity contribution in [2.75, 3.05) is 12.0 Å². The number of ether oxygens (including phenoxy) is 3. The van der Waals surface area contributed by atoms with Gasteiger partial charge < -0.3 is 19.3 Å². The number of carbonyl (C=O) groups is 3. The molecular formula is C22H30N2O7. The smallest absolute Gasteiger partial charge is 0.416 e. The van der Waals surface area contributed by atoms with E-state index in [1.807, 2.05) is 0 Å². The molecular weight excluding hydrogens is 404 g/mol. The van der Waals surface area contributed by atoms with Crippen LogP contribution in [-0.2, 0) is 24.6 Å². The number of amides is 2. The lowest BCUT2D eigenvalue weighted by atomic mass is 9.91. The average molecular weight is 434 g/mol. The number of esters is 1. The molecule has 1 fully saturated rings. The van der Waals surface area contributed by atoms with E-state index >= 15 is 0 Å². The van der Waals surface area contributed by atoms with Crippen LogP contribution in [0.5, 0.6) is 0 Å². The van der Waals surface area contributed by atoms with Crippen molar-refractivity contribution in [3.8, 4) is 0 Å². The van der Waals surface area contributed by atoms with Gasteiger partial charge in [-0.1, -0.05) is 18.2 Å². The summed E-state index contributed by atoms with van der Waals surface area (Å²) in [6.45, 7) is 10.2. The molecule has 0 unspecified atom stereocenters. The molecule has 9 nitrogen and oxygen atoms in total. The Kier molecular flexibility index (Phi) is 5.46. The summed E-state index contributed by atoms with van der Waals surface area (Å²) in [5, 5.41) is 11.7. The van der Waals surface area contributed by atoms with Gasteiger partial charge in [0, 0.05) is 12.0 Å². The van der Waals surface area contributed by atoms with Crippen LogP contribution in [0.2, 0.25) is 0 Å². The van der Waals surface area contributed by atoms with E-state index in [4.69, 9.17) is 14.2 Å². The number of likely N-dealkylation sites (tertiary alicyclic amines) is 1. The van der Waals surface area contributed by atoms with Crippen molar-refractivity contribution in [3.05, 3.63) is 29.8 Å². The van der Waals surface area contributed by atoms with Crippen LogP contribution >= 0.6 is 0 Å². The fraction of sp³-hybridized carbons (Fsp3) is 0.591. The molecule has 2 aliphatic rings. The minimum atomic E-state index is -1.71. The minimum absolute atomic E-state index is 0.153. The van der Waals surface area contributed by atoms with E-state index in [0.717, 1.165) is 4.90 Å². The Morgan fingerprint density at radius 3 is 2.10 bits per heavy atom. The van der Waals surface area contributed by atoms with Crippen molar-refractivity contribution >= 4 is 23.8 Å². The third-order valence-electron chi connectivity index (χ3n) is 5.07. The molecule has 1 N–H and O–H groups in total. The number of carbonyl (C=O) groups excluding carboxylic acids is 3. The van der Waals surface area contributed by atoms with Crippen molar-refractivity contribution < 1.29 is 33.7 Å². The van der Waals surface area contributed by atoms with E-state index in [-0.39, 0.29) is 6.42 Å². The number of fused-ring (bicyclic) bond motifs is 3. The molecule has 0 spiro atoms.